The SMILES string of the molecule is COC(=O)C(C)(CCc1ccc(C#C[C@H]2CC2CO)cc1)S(C)(=O)=O. The first-order valence-corrected chi connectivity index (χ1v) is 10.1. The average Bonchev–Trinajstić information content (AvgIpc) is 3.35. The van der Waals surface area contributed by atoms with Gasteiger partial charge in [0.25, 0.3) is 0 Å². The van der Waals surface area contributed by atoms with Crippen LogP contribution in [-0.2, 0) is 25.8 Å². The molecule has 0 bridgehead atoms. The first kappa shape index (κ1) is 19.5. The quantitative estimate of drug-likeness (QED) is 0.612. The van der Waals surface area contributed by atoms with Crippen molar-refractivity contribution in [3.05, 3.63) is 35.4 Å². The van der Waals surface area contributed by atoms with E-state index in [1.54, 1.807) is 0 Å². The van der Waals surface area contributed by atoms with Gasteiger partial charge >= 0.3 is 5.97 Å². The lowest BCUT2D eigenvalue weighted by Gasteiger charge is -2.24. The zero-order chi connectivity index (χ0) is 18.7. The highest BCUT2D eigenvalue weighted by molar-refractivity contribution is 7.92. The topological polar surface area (TPSA) is 80.7 Å². The first-order valence-electron chi connectivity index (χ1n) is 8.20. The Labute approximate surface area is 149 Å². The number of ether oxygens (including phenoxy) is 1. The molecule has 1 saturated carbocycles. The molecule has 0 saturated heterocycles. The number of rotatable bonds is 6. The number of carbonyl (C=O) groups is 1. The number of benzene rings is 1. The molecule has 0 radical (unpaired) electrons. The number of hydrogen-bond donors (Lipinski definition) is 1. The van der Waals surface area contributed by atoms with Gasteiger partial charge in [0.1, 0.15) is 0 Å². The fourth-order valence-corrected chi connectivity index (χ4v) is 3.45. The summed E-state index contributed by atoms with van der Waals surface area (Å²) in [6, 6.07) is 7.55. The van der Waals surface area contributed by atoms with Crippen LogP contribution in [0.3, 0.4) is 0 Å². The Bertz CT molecular complexity index is 785. The fourth-order valence-electron chi connectivity index (χ4n) is 2.59. The molecule has 1 fully saturated rings. The molecule has 6 heteroatoms. The molecule has 1 aliphatic carbocycles. The van der Waals surface area contributed by atoms with Crippen LogP contribution in [0.4, 0.5) is 0 Å². The van der Waals surface area contributed by atoms with E-state index < -0.39 is 20.6 Å². The molecule has 0 aromatic heterocycles. The second kappa shape index (κ2) is 7.59. The van der Waals surface area contributed by atoms with Crippen molar-refractivity contribution in [2.24, 2.45) is 11.8 Å². The summed E-state index contributed by atoms with van der Waals surface area (Å²) in [6.45, 7) is 1.60. The van der Waals surface area contributed by atoms with Crippen LogP contribution < -0.4 is 0 Å². The van der Waals surface area contributed by atoms with E-state index in [-0.39, 0.29) is 13.0 Å². The fraction of sp³-hybridized carbons (Fsp3) is 0.526. The van der Waals surface area contributed by atoms with Crippen LogP contribution in [0, 0.1) is 23.7 Å². The highest BCUT2D eigenvalue weighted by Gasteiger charge is 2.44. The third-order valence-corrected chi connectivity index (χ3v) is 6.85. The predicted octanol–water partition coefficient (Wildman–Crippen LogP) is 1.58. The van der Waals surface area contributed by atoms with E-state index in [0.29, 0.717) is 18.3 Å². The van der Waals surface area contributed by atoms with Gasteiger partial charge in [-0.15, -0.1) is 0 Å². The number of hydrogen-bond acceptors (Lipinski definition) is 5. The summed E-state index contributed by atoms with van der Waals surface area (Å²) in [5.41, 5.74) is 1.81. The Hall–Kier alpha value is -1.84. The second-order valence-corrected chi connectivity index (χ2v) is 9.19. The smallest absolute Gasteiger partial charge is 0.326 e. The second-order valence-electron chi connectivity index (χ2n) is 6.75. The van der Waals surface area contributed by atoms with Gasteiger partial charge in [-0.05, 0) is 49.8 Å². The van der Waals surface area contributed by atoms with Gasteiger partial charge in [-0.2, -0.15) is 0 Å². The minimum Gasteiger partial charge on any atom is -0.468 e. The van der Waals surface area contributed by atoms with Gasteiger partial charge in [0.2, 0.25) is 0 Å². The van der Waals surface area contributed by atoms with Gasteiger partial charge in [-0.25, -0.2) is 8.42 Å². The van der Waals surface area contributed by atoms with E-state index >= 15 is 0 Å². The molecule has 5 nitrogen and oxygen atoms in total. The summed E-state index contributed by atoms with van der Waals surface area (Å²) >= 11 is 0. The van der Waals surface area contributed by atoms with Crippen molar-refractivity contribution in [2.45, 2.75) is 30.9 Å². The molecule has 0 aliphatic heterocycles. The van der Waals surface area contributed by atoms with Gasteiger partial charge in [0.05, 0.1) is 7.11 Å². The van der Waals surface area contributed by atoms with Crippen LogP contribution in [0.25, 0.3) is 0 Å². The molecule has 1 N–H and O–H groups in total. The number of esters is 1. The van der Waals surface area contributed by atoms with E-state index in [1.165, 1.54) is 14.0 Å². The molecule has 1 aliphatic rings. The van der Waals surface area contributed by atoms with Gasteiger partial charge in [0.15, 0.2) is 14.6 Å². The summed E-state index contributed by atoms with van der Waals surface area (Å²) in [6.07, 6.45) is 2.62. The third kappa shape index (κ3) is 4.62. The standard InChI is InChI=1S/C19H24O5S/c1-19(18(21)24-2,25(3,22)23)11-10-15-6-4-14(5-7-15)8-9-16-12-17(16)13-20/h4-7,16-17,20H,10-13H2,1-3H3/t16-,17?,19?/m0/s1. The minimum atomic E-state index is -3.59. The van der Waals surface area contributed by atoms with Crippen molar-refractivity contribution in [3.8, 4) is 11.8 Å². The van der Waals surface area contributed by atoms with Crippen molar-refractivity contribution in [2.75, 3.05) is 20.0 Å². The molecular weight excluding hydrogens is 340 g/mol. The number of sulfone groups is 1. The molecule has 1 aromatic rings. The number of methoxy groups -OCH3 is 1. The Balaban J connectivity index is 2.02. The molecule has 0 amide bonds. The average molecular weight is 364 g/mol. The highest BCUT2D eigenvalue weighted by atomic mass is 32.2. The van der Waals surface area contributed by atoms with Gasteiger partial charge in [0, 0.05) is 24.3 Å². The molecule has 0 heterocycles. The number of carbonyl (C=O) groups excluding carboxylic acids is 1. The lowest BCUT2D eigenvalue weighted by Crippen LogP contribution is -2.44. The maximum absolute atomic E-state index is 12.0. The molecular formula is C19H24O5S. The van der Waals surface area contributed by atoms with Crippen LogP contribution in [0.5, 0.6) is 0 Å². The highest BCUT2D eigenvalue weighted by Crippen LogP contribution is 2.37. The number of aliphatic hydroxyl groups is 1. The third-order valence-electron chi connectivity index (χ3n) is 4.84. The largest absolute Gasteiger partial charge is 0.468 e. The van der Waals surface area contributed by atoms with Gasteiger partial charge < -0.3 is 9.84 Å². The van der Waals surface area contributed by atoms with Crippen LogP contribution in [-0.4, -0.2) is 44.2 Å². The Morgan fingerprint density at radius 2 is 2.00 bits per heavy atom. The van der Waals surface area contributed by atoms with Crippen molar-refractivity contribution < 1.29 is 23.1 Å². The summed E-state index contributed by atoms with van der Waals surface area (Å²) in [4.78, 5) is 11.9. The van der Waals surface area contributed by atoms with Crippen LogP contribution in [0.1, 0.15) is 30.9 Å². The van der Waals surface area contributed by atoms with Crippen LogP contribution >= 0.6 is 0 Å². The van der Waals surface area contributed by atoms with E-state index in [9.17, 15) is 13.2 Å². The van der Waals surface area contributed by atoms with Crippen LogP contribution in [0.2, 0.25) is 0 Å². The molecule has 0 spiro atoms. The van der Waals surface area contributed by atoms with Crippen LogP contribution in [0.15, 0.2) is 24.3 Å². The number of aryl methyl sites for hydroxylation is 1. The molecule has 2 rings (SSSR count). The van der Waals surface area contributed by atoms with E-state index in [1.807, 2.05) is 24.3 Å². The Morgan fingerprint density at radius 1 is 1.36 bits per heavy atom. The first-order chi connectivity index (χ1) is 11.7. The van der Waals surface area contributed by atoms with Crippen molar-refractivity contribution in [1.82, 2.24) is 0 Å². The summed E-state index contributed by atoms with van der Waals surface area (Å²) in [5.74, 6) is 6.11. The van der Waals surface area contributed by atoms with Crippen molar-refractivity contribution >= 4 is 15.8 Å². The molecule has 2 unspecified atom stereocenters. The lowest BCUT2D eigenvalue weighted by molar-refractivity contribution is -0.143. The Kier molecular flexibility index (Phi) is 5.91. The minimum absolute atomic E-state index is 0.157. The molecule has 3 atom stereocenters. The van der Waals surface area contributed by atoms with Crippen molar-refractivity contribution in [3.63, 3.8) is 0 Å². The van der Waals surface area contributed by atoms with E-state index in [4.69, 9.17) is 5.11 Å². The summed E-state index contributed by atoms with van der Waals surface area (Å²) in [5, 5.41) is 9.01. The summed E-state index contributed by atoms with van der Waals surface area (Å²) in [7, 11) is -2.40. The normalized spacial score (nSPS) is 21.6. The predicted molar refractivity (Wildman–Crippen MR) is 95.6 cm³/mol. The van der Waals surface area contributed by atoms with Gasteiger partial charge in [-0.3, -0.25) is 4.79 Å². The lowest BCUT2D eigenvalue weighted by atomic mass is 9.99. The zero-order valence-electron chi connectivity index (χ0n) is 14.8. The van der Waals surface area contributed by atoms with E-state index in [0.717, 1.165) is 23.8 Å². The molecule has 1 aromatic carbocycles. The maximum Gasteiger partial charge on any atom is 0.326 e. The molecule has 136 valence electrons. The molecule has 25 heavy (non-hydrogen) atoms. The number of aliphatic hydroxyl groups excluding tert-OH is 1. The van der Waals surface area contributed by atoms with Gasteiger partial charge in [-0.1, -0.05) is 24.0 Å². The van der Waals surface area contributed by atoms with E-state index in [2.05, 4.69) is 16.6 Å². The summed E-state index contributed by atoms with van der Waals surface area (Å²) < 4.78 is 27.1. The monoisotopic (exact) mass is 364 g/mol. The zero-order valence-corrected chi connectivity index (χ0v) is 15.6. The van der Waals surface area contributed by atoms with Crippen molar-refractivity contribution in [1.29, 1.82) is 0 Å². The maximum atomic E-state index is 12.0. The Morgan fingerprint density at radius 3 is 2.48 bits per heavy atom.